The van der Waals surface area contributed by atoms with Crippen molar-refractivity contribution in [3.63, 3.8) is 0 Å². The summed E-state index contributed by atoms with van der Waals surface area (Å²) in [6.07, 6.45) is 1.83. The Morgan fingerprint density at radius 1 is 1.32 bits per heavy atom. The molecular formula is C13H21BrN2O2S. The van der Waals surface area contributed by atoms with Crippen molar-refractivity contribution in [3.8, 4) is 0 Å². The molecule has 2 N–H and O–H groups in total. The van der Waals surface area contributed by atoms with Gasteiger partial charge in [0.2, 0.25) is 10.0 Å². The van der Waals surface area contributed by atoms with Crippen LogP contribution in [0, 0.1) is 0 Å². The van der Waals surface area contributed by atoms with E-state index in [1.807, 2.05) is 19.9 Å². The first-order valence-corrected chi connectivity index (χ1v) is 8.69. The molecule has 19 heavy (non-hydrogen) atoms. The monoisotopic (exact) mass is 348 g/mol. The van der Waals surface area contributed by atoms with E-state index in [9.17, 15) is 8.42 Å². The molecule has 0 spiro atoms. The number of benzene rings is 1. The molecule has 1 aromatic carbocycles. The summed E-state index contributed by atoms with van der Waals surface area (Å²) in [5, 5.41) is 0. The van der Waals surface area contributed by atoms with Crippen molar-refractivity contribution in [3.05, 3.63) is 28.2 Å². The highest BCUT2D eigenvalue weighted by Gasteiger charge is 2.25. The third-order valence-corrected chi connectivity index (χ3v) is 5.93. The minimum Gasteiger partial charge on any atom is -0.326 e. The number of sulfonamides is 1. The van der Waals surface area contributed by atoms with Gasteiger partial charge in [-0.2, -0.15) is 4.31 Å². The minimum absolute atomic E-state index is 0.299. The zero-order valence-electron chi connectivity index (χ0n) is 11.4. The maximum atomic E-state index is 12.6. The minimum atomic E-state index is -3.46. The molecule has 0 aliphatic carbocycles. The Labute approximate surface area is 124 Å². The van der Waals surface area contributed by atoms with Gasteiger partial charge in [0.25, 0.3) is 0 Å². The fourth-order valence-electron chi connectivity index (χ4n) is 1.79. The Balaban J connectivity index is 3.17. The van der Waals surface area contributed by atoms with Crippen molar-refractivity contribution in [2.24, 2.45) is 5.73 Å². The molecular weight excluding hydrogens is 328 g/mol. The molecule has 0 aliphatic rings. The van der Waals surface area contributed by atoms with Gasteiger partial charge in [0, 0.05) is 24.1 Å². The Hall–Kier alpha value is -0.430. The van der Waals surface area contributed by atoms with Gasteiger partial charge in [-0.3, -0.25) is 0 Å². The van der Waals surface area contributed by atoms with Crippen LogP contribution in [0.2, 0.25) is 0 Å². The molecule has 0 amide bonds. The molecule has 4 nitrogen and oxygen atoms in total. The zero-order chi connectivity index (χ0) is 14.5. The number of nitrogens with two attached hydrogens (primary N) is 1. The smallest absolute Gasteiger partial charge is 0.244 e. The summed E-state index contributed by atoms with van der Waals surface area (Å²) in [7, 11) is -3.46. The second-order valence-electron chi connectivity index (χ2n) is 4.32. The standard InChI is InChI=1S/C13H21BrN2O2S/c1-3-5-8-16(4-2)19(17,18)13-9-11(10-15)6-7-12(13)14/h6-7,9H,3-5,8,10,15H2,1-2H3. The molecule has 0 bridgehead atoms. The van der Waals surface area contributed by atoms with E-state index in [1.54, 1.807) is 12.1 Å². The molecule has 6 heteroatoms. The van der Waals surface area contributed by atoms with Crippen LogP contribution in [0.5, 0.6) is 0 Å². The number of nitrogens with zero attached hydrogens (tertiary/aromatic N) is 1. The SMILES string of the molecule is CCCCN(CC)S(=O)(=O)c1cc(CN)ccc1Br. The van der Waals surface area contributed by atoms with Crippen molar-refractivity contribution < 1.29 is 8.42 Å². The van der Waals surface area contributed by atoms with Crippen LogP contribution in [-0.2, 0) is 16.6 Å². The van der Waals surface area contributed by atoms with Gasteiger partial charge in [0.05, 0.1) is 4.90 Å². The Kier molecular flexibility index (Phi) is 6.46. The van der Waals surface area contributed by atoms with E-state index in [0.29, 0.717) is 29.0 Å². The largest absolute Gasteiger partial charge is 0.326 e. The van der Waals surface area contributed by atoms with Crippen LogP contribution < -0.4 is 5.73 Å². The highest BCUT2D eigenvalue weighted by Crippen LogP contribution is 2.26. The first-order chi connectivity index (χ1) is 8.97. The maximum absolute atomic E-state index is 12.6. The highest BCUT2D eigenvalue weighted by atomic mass is 79.9. The second-order valence-corrected chi connectivity index (χ2v) is 7.08. The number of hydrogen-bond acceptors (Lipinski definition) is 3. The quantitative estimate of drug-likeness (QED) is 0.823. The first-order valence-electron chi connectivity index (χ1n) is 6.46. The van der Waals surface area contributed by atoms with Gasteiger partial charge in [-0.15, -0.1) is 0 Å². The van der Waals surface area contributed by atoms with Gasteiger partial charge >= 0.3 is 0 Å². The van der Waals surface area contributed by atoms with Gasteiger partial charge in [0.15, 0.2) is 0 Å². The molecule has 0 unspecified atom stereocenters. The molecule has 108 valence electrons. The molecule has 0 radical (unpaired) electrons. The molecule has 0 aromatic heterocycles. The zero-order valence-corrected chi connectivity index (χ0v) is 13.8. The fraction of sp³-hybridized carbons (Fsp3) is 0.538. The van der Waals surface area contributed by atoms with Crippen molar-refractivity contribution in [1.29, 1.82) is 0 Å². The van der Waals surface area contributed by atoms with Crippen LogP contribution in [-0.4, -0.2) is 25.8 Å². The highest BCUT2D eigenvalue weighted by molar-refractivity contribution is 9.10. The lowest BCUT2D eigenvalue weighted by Crippen LogP contribution is -2.32. The lowest BCUT2D eigenvalue weighted by atomic mass is 10.2. The van der Waals surface area contributed by atoms with Gasteiger partial charge in [-0.25, -0.2) is 8.42 Å². The van der Waals surface area contributed by atoms with Gasteiger partial charge < -0.3 is 5.73 Å². The summed E-state index contributed by atoms with van der Waals surface area (Å²) in [4.78, 5) is 0.299. The van der Waals surface area contributed by atoms with E-state index in [2.05, 4.69) is 15.9 Å². The molecule has 0 atom stereocenters. The maximum Gasteiger partial charge on any atom is 0.244 e. The Morgan fingerprint density at radius 2 is 2.00 bits per heavy atom. The van der Waals surface area contributed by atoms with Crippen molar-refractivity contribution in [2.75, 3.05) is 13.1 Å². The average molecular weight is 349 g/mol. The summed E-state index contributed by atoms with van der Waals surface area (Å²) in [6.45, 7) is 5.26. The Bertz CT molecular complexity index is 517. The van der Waals surface area contributed by atoms with Crippen molar-refractivity contribution in [2.45, 2.75) is 38.1 Å². The summed E-state index contributed by atoms with van der Waals surface area (Å²) < 4.78 is 27.3. The van der Waals surface area contributed by atoms with E-state index in [4.69, 9.17) is 5.73 Å². The van der Waals surface area contributed by atoms with E-state index >= 15 is 0 Å². The van der Waals surface area contributed by atoms with Gasteiger partial charge in [0.1, 0.15) is 0 Å². The van der Waals surface area contributed by atoms with E-state index < -0.39 is 10.0 Å². The summed E-state index contributed by atoms with van der Waals surface area (Å²) in [5.41, 5.74) is 6.39. The Morgan fingerprint density at radius 3 is 2.53 bits per heavy atom. The van der Waals surface area contributed by atoms with Crippen molar-refractivity contribution in [1.82, 2.24) is 4.31 Å². The number of rotatable bonds is 7. The lowest BCUT2D eigenvalue weighted by Gasteiger charge is -2.21. The molecule has 0 fully saturated rings. The van der Waals surface area contributed by atoms with Crippen LogP contribution in [0.15, 0.2) is 27.6 Å². The predicted molar refractivity (Wildman–Crippen MR) is 81.4 cm³/mol. The van der Waals surface area contributed by atoms with Crippen molar-refractivity contribution >= 4 is 26.0 Å². The summed E-state index contributed by atoms with van der Waals surface area (Å²) in [5.74, 6) is 0. The molecule has 0 saturated heterocycles. The summed E-state index contributed by atoms with van der Waals surface area (Å²) in [6, 6.07) is 5.21. The van der Waals surface area contributed by atoms with Gasteiger partial charge in [-0.1, -0.05) is 26.3 Å². The summed E-state index contributed by atoms with van der Waals surface area (Å²) >= 11 is 3.31. The third kappa shape index (κ3) is 4.02. The van der Waals surface area contributed by atoms with Crippen LogP contribution in [0.3, 0.4) is 0 Å². The number of unbranched alkanes of at least 4 members (excludes halogenated alkanes) is 1. The fourth-order valence-corrected chi connectivity index (χ4v) is 4.26. The normalized spacial score (nSPS) is 12.1. The topological polar surface area (TPSA) is 63.4 Å². The molecule has 0 aliphatic heterocycles. The second kappa shape index (κ2) is 7.38. The number of halogens is 1. The van der Waals surface area contributed by atoms with Gasteiger partial charge in [-0.05, 0) is 40.0 Å². The van der Waals surface area contributed by atoms with Crippen LogP contribution in [0.1, 0.15) is 32.3 Å². The molecule has 1 rings (SSSR count). The van der Waals surface area contributed by atoms with E-state index in [-0.39, 0.29) is 0 Å². The third-order valence-electron chi connectivity index (χ3n) is 2.96. The molecule has 1 aromatic rings. The lowest BCUT2D eigenvalue weighted by molar-refractivity contribution is 0.418. The number of hydrogen-bond donors (Lipinski definition) is 1. The average Bonchev–Trinajstić information content (AvgIpc) is 2.39. The van der Waals surface area contributed by atoms with E-state index in [1.165, 1.54) is 4.31 Å². The molecule has 0 heterocycles. The predicted octanol–water partition coefficient (Wildman–Crippen LogP) is 2.72. The van der Waals surface area contributed by atoms with Crippen LogP contribution >= 0.6 is 15.9 Å². The van der Waals surface area contributed by atoms with E-state index in [0.717, 1.165) is 18.4 Å². The van der Waals surface area contributed by atoms with Crippen LogP contribution in [0.25, 0.3) is 0 Å². The first kappa shape index (κ1) is 16.6. The molecule has 0 saturated carbocycles. The van der Waals surface area contributed by atoms with Crippen LogP contribution in [0.4, 0.5) is 0 Å².